The van der Waals surface area contributed by atoms with Gasteiger partial charge in [0.05, 0.1) is 0 Å². The Bertz CT molecular complexity index is 628. The number of hydrogen-bond acceptors (Lipinski definition) is 0. The van der Waals surface area contributed by atoms with Crippen LogP contribution in [0.1, 0.15) is 47.2 Å². The molecule has 0 amide bonds. The van der Waals surface area contributed by atoms with Gasteiger partial charge in [-0.2, -0.15) is 0 Å². The first-order chi connectivity index (χ1) is 8.85. The van der Waals surface area contributed by atoms with E-state index < -0.39 is 0 Å². The summed E-state index contributed by atoms with van der Waals surface area (Å²) in [5.74, 6) is 0. The minimum absolute atomic E-state index is 0.122. The van der Waals surface area contributed by atoms with E-state index in [1.165, 1.54) is 44.5 Å². The summed E-state index contributed by atoms with van der Waals surface area (Å²) in [5, 5.41) is 0. The molecule has 98 valence electrons. The van der Waals surface area contributed by atoms with Gasteiger partial charge in [-0.25, -0.2) is 0 Å². The summed E-state index contributed by atoms with van der Waals surface area (Å²) in [6.07, 6.45) is 0. The van der Waals surface area contributed by atoms with Gasteiger partial charge in [-0.1, -0.05) is 38.1 Å². The molecule has 0 N–H and O–H groups in total. The van der Waals surface area contributed by atoms with Gasteiger partial charge in [-0.05, 0) is 72.2 Å². The molecule has 0 atom stereocenters. The Balaban J connectivity index is 2.46. The fourth-order valence-electron chi connectivity index (χ4n) is 3.82. The fourth-order valence-corrected chi connectivity index (χ4v) is 3.82. The highest BCUT2D eigenvalue weighted by Crippen LogP contribution is 2.51. The minimum atomic E-state index is 0.122. The second-order valence-corrected chi connectivity index (χ2v) is 6.49. The first-order valence-electron chi connectivity index (χ1n) is 7.07. The van der Waals surface area contributed by atoms with Crippen LogP contribution >= 0.6 is 0 Å². The van der Waals surface area contributed by atoms with E-state index in [1.54, 1.807) is 0 Å². The molecule has 0 bridgehead atoms. The summed E-state index contributed by atoms with van der Waals surface area (Å²) in [5.41, 5.74) is 11.7. The Kier molecular flexibility index (Phi) is 2.44. The molecule has 19 heavy (non-hydrogen) atoms. The van der Waals surface area contributed by atoms with Crippen LogP contribution < -0.4 is 0 Å². The molecule has 0 radical (unpaired) electrons. The Morgan fingerprint density at radius 1 is 0.632 bits per heavy atom. The zero-order chi connectivity index (χ0) is 13.9. The Labute approximate surface area is 116 Å². The lowest BCUT2D eigenvalue weighted by Gasteiger charge is -2.26. The van der Waals surface area contributed by atoms with Gasteiger partial charge < -0.3 is 0 Å². The van der Waals surface area contributed by atoms with Crippen LogP contribution in [0.5, 0.6) is 0 Å². The van der Waals surface area contributed by atoms with Gasteiger partial charge in [0.25, 0.3) is 0 Å². The second-order valence-electron chi connectivity index (χ2n) is 6.49. The van der Waals surface area contributed by atoms with Crippen LogP contribution in [0.25, 0.3) is 11.1 Å². The number of fused-ring (bicyclic) bond motifs is 3. The van der Waals surface area contributed by atoms with Crippen molar-refractivity contribution in [1.29, 1.82) is 0 Å². The number of hydrogen-bond donors (Lipinski definition) is 0. The molecule has 2 aromatic rings. The molecule has 0 nitrogen and oxygen atoms in total. The third-order valence-corrected chi connectivity index (χ3v) is 5.01. The van der Waals surface area contributed by atoms with Gasteiger partial charge in [0, 0.05) is 5.41 Å². The van der Waals surface area contributed by atoms with Gasteiger partial charge in [-0.3, -0.25) is 0 Å². The van der Waals surface area contributed by atoms with Gasteiger partial charge in [-0.15, -0.1) is 0 Å². The summed E-state index contributed by atoms with van der Waals surface area (Å²) >= 11 is 0. The molecular formula is C19H22. The maximum Gasteiger partial charge on any atom is 0.0164 e. The van der Waals surface area contributed by atoms with Crippen LogP contribution in [0, 0.1) is 27.7 Å². The van der Waals surface area contributed by atoms with Gasteiger partial charge in [0.1, 0.15) is 0 Å². The molecule has 2 aromatic carbocycles. The van der Waals surface area contributed by atoms with Crippen molar-refractivity contribution in [3.05, 3.63) is 57.6 Å². The highest BCUT2D eigenvalue weighted by molar-refractivity contribution is 5.83. The summed E-state index contributed by atoms with van der Waals surface area (Å²) in [7, 11) is 0. The molecule has 0 aromatic heterocycles. The molecular weight excluding hydrogens is 228 g/mol. The lowest BCUT2D eigenvalue weighted by atomic mass is 9.77. The molecule has 3 rings (SSSR count). The van der Waals surface area contributed by atoms with Crippen LogP contribution in [0.15, 0.2) is 24.3 Å². The zero-order valence-electron chi connectivity index (χ0n) is 12.8. The SMILES string of the molecule is Cc1ccc2c(c1C)C(C)(C)c1c-2ccc(C)c1C. The topological polar surface area (TPSA) is 0 Å². The van der Waals surface area contributed by atoms with E-state index in [9.17, 15) is 0 Å². The average Bonchev–Trinajstić information content (AvgIpc) is 2.58. The maximum atomic E-state index is 2.37. The predicted octanol–water partition coefficient (Wildman–Crippen LogP) is 5.23. The predicted molar refractivity (Wildman–Crippen MR) is 83.0 cm³/mol. The molecule has 0 heteroatoms. The van der Waals surface area contributed by atoms with Crippen molar-refractivity contribution in [3.63, 3.8) is 0 Å². The first kappa shape index (κ1) is 12.5. The standard InChI is InChI=1S/C19H22/c1-11-7-9-15-16-10-8-12(2)14(4)18(16)19(5,6)17(15)13(11)3/h7-10H,1-6H3. The summed E-state index contributed by atoms with van der Waals surface area (Å²) in [4.78, 5) is 0. The summed E-state index contributed by atoms with van der Waals surface area (Å²) in [6.45, 7) is 13.7. The van der Waals surface area contributed by atoms with Crippen molar-refractivity contribution >= 4 is 0 Å². The molecule has 0 saturated carbocycles. The van der Waals surface area contributed by atoms with Crippen molar-refractivity contribution in [2.75, 3.05) is 0 Å². The van der Waals surface area contributed by atoms with Crippen molar-refractivity contribution in [2.24, 2.45) is 0 Å². The normalized spacial score (nSPS) is 15.3. The highest BCUT2D eigenvalue weighted by Gasteiger charge is 2.38. The van der Waals surface area contributed by atoms with Crippen molar-refractivity contribution in [3.8, 4) is 11.1 Å². The van der Waals surface area contributed by atoms with Crippen LogP contribution in [0.2, 0.25) is 0 Å². The summed E-state index contributed by atoms with van der Waals surface area (Å²) in [6, 6.07) is 9.13. The lowest BCUT2D eigenvalue weighted by Crippen LogP contribution is -2.18. The number of benzene rings is 2. The number of aryl methyl sites for hydroxylation is 2. The van der Waals surface area contributed by atoms with Crippen LogP contribution in [-0.4, -0.2) is 0 Å². The summed E-state index contributed by atoms with van der Waals surface area (Å²) < 4.78 is 0. The van der Waals surface area contributed by atoms with Crippen LogP contribution in [0.4, 0.5) is 0 Å². The molecule has 0 unspecified atom stereocenters. The van der Waals surface area contributed by atoms with Crippen molar-refractivity contribution in [2.45, 2.75) is 47.0 Å². The van der Waals surface area contributed by atoms with Gasteiger partial charge >= 0.3 is 0 Å². The molecule has 0 aliphatic heterocycles. The Morgan fingerprint density at radius 3 is 1.37 bits per heavy atom. The van der Waals surface area contributed by atoms with E-state index >= 15 is 0 Å². The quantitative estimate of drug-likeness (QED) is 0.601. The van der Waals surface area contributed by atoms with Crippen molar-refractivity contribution < 1.29 is 0 Å². The number of rotatable bonds is 0. The largest absolute Gasteiger partial charge is 0.0584 e. The molecule has 0 saturated heterocycles. The molecule has 0 spiro atoms. The second kappa shape index (κ2) is 3.72. The van der Waals surface area contributed by atoms with E-state index in [4.69, 9.17) is 0 Å². The Hall–Kier alpha value is -1.56. The van der Waals surface area contributed by atoms with E-state index in [-0.39, 0.29) is 5.41 Å². The highest BCUT2D eigenvalue weighted by atomic mass is 14.4. The third-order valence-electron chi connectivity index (χ3n) is 5.01. The monoisotopic (exact) mass is 250 g/mol. The van der Waals surface area contributed by atoms with Crippen LogP contribution in [-0.2, 0) is 5.41 Å². The Morgan fingerprint density at radius 2 is 1.00 bits per heavy atom. The van der Waals surface area contributed by atoms with E-state index in [1.807, 2.05) is 0 Å². The molecule has 0 heterocycles. The minimum Gasteiger partial charge on any atom is -0.0584 e. The molecule has 0 fully saturated rings. The molecule has 1 aliphatic rings. The third kappa shape index (κ3) is 1.46. The van der Waals surface area contributed by atoms with Gasteiger partial charge in [0.15, 0.2) is 0 Å². The van der Waals surface area contributed by atoms with Crippen LogP contribution in [0.3, 0.4) is 0 Å². The lowest BCUT2D eigenvalue weighted by molar-refractivity contribution is 0.649. The van der Waals surface area contributed by atoms with E-state index in [2.05, 4.69) is 65.8 Å². The maximum absolute atomic E-state index is 2.37. The average molecular weight is 250 g/mol. The zero-order valence-corrected chi connectivity index (χ0v) is 12.8. The van der Waals surface area contributed by atoms with E-state index in [0.717, 1.165) is 0 Å². The smallest absolute Gasteiger partial charge is 0.0164 e. The van der Waals surface area contributed by atoms with E-state index in [0.29, 0.717) is 0 Å². The van der Waals surface area contributed by atoms with Gasteiger partial charge in [0.2, 0.25) is 0 Å². The van der Waals surface area contributed by atoms with Crippen molar-refractivity contribution in [1.82, 2.24) is 0 Å². The first-order valence-corrected chi connectivity index (χ1v) is 7.07. The molecule has 1 aliphatic carbocycles. The fraction of sp³-hybridized carbons (Fsp3) is 0.368.